The topological polar surface area (TPSA) is 60.5 Å². The number of hydrogen-bond acceptors (Lipinski definition) is 5. The fraction of sp³-hybridized carbons (Fsp3) is 0.667. The molecule has 1 aromatic heterocycles. The Morgan fingerprint density at radius 1 is 1.38 bits per heavy atom. The normalized spacial score (nSPS) is 21.9. The average Bonchev–Trinajstić information content (AvgIpc) is 3.13. The summed E-state index contributed by atoms with van der Waals surface area (Å²) in [5, 5.41) is 6.39. The molecule has 2 saturated heterocycles. The molecule has 2 fully saturated rings. The van der Waals surface area contributed by atoms with E-state index in [1.165, 1.54) is 6.42 Å². The molecule has 1 aromatic rings. The lowest BCUT2D eigenvalue weighted by molar-refractivity contribution is -0.121. The highest BCUT2D eigenvalue weighted by Gasteiger charge is 2.17. The summed E-state index contributed by atoms with van der Waals surface area (Å²) in [7, 11) is 2.15. The van der Waals surface area contributed by atoms with Gasteiger partial charge in [0.2, 0.25) is 5.91 Å². The molecule has 24 heavy (non-hydrogen) atoms. The number of anilines is 1. The van der Waals surface area contributed by atoms with Gasteiger partial charge < -0.3 is 20.4 Å². The molecule has 3 heterocycles. The third-order valence-corrected chi connectivity index (χ3v) is 5.07. The number of piperazine rings is 1. The molecule has 0 radical (unpaired) electrons. The highest BCUT2D eigenvalue weighted by molar-refractivity contribution is 5.75. The van der Waals surface area contributed by atoms with Crippen molar-refractivity contribution in [3.05, 3.63) is 23.9 Å². The van der Waals surface area contributed by atoms with Crippen LogP contribution in [0.3, 0.4) is 0 Å². The van der Waals surface area contributed by atoms with E-state index in [1.807, 2.05) is 12.3 Å². The summed E-state index contributed by atoms with van der Waals surface area (Å²) in [6.45, 7) is 6.90. The number of hydrogen-bond donors (Lipinski definition) is 2. The highest BCUT2D eigenvalue weighted by Crippen LogP contribution is 2.16. The molecule has 6 heteroatoms. The first-order chi connectivity index (χ1) is 11.7. The number of amides is 1. The number of nitrogens with zero attached hydrogens (tertiary/aromatic N) is 3. The molecule has 2 aliphatic heterocycles. The Kier molecular flexibility index (Phi) is 6.04. The summed E-state index contributed by atoms with van der Waals surface area (Å²) in [6, 6.07) is 4.09. The van der Waals surface area contributed by atoms with Gasteiger partial charge in [-0.3, -0.25) is 4.79 Å². The predicted octanol–water partition coefficient (Wildman–Crippen LogP) is 0.839. The number of carbonyl (C=O) groups excluding carboxylic acids is 1. The molecule has 2 aliphatic rings. The van der Waals surface area contributed by atoms with Crippen LogP contribution in [0.5, 0.6) is 0 Å². The zero-order chi connectivity index (χ0) is 16.8. The second-order valence-corrected chi connectivity index (χ2v) is 6.99. The summed E-state index contributed by atoms with van der Waals surface area (Å²) in [6.07, 6.45) is 4.66. The van der Waals surface area contributed by atoms with Crippen LogP contribution in [-0.4, -0.2) is 62.1 Å². The monoisotopic (exact) mass is 331 g/mol. The summed E-state index contributed by atoms with van der Waals surface area (Å²) in [4.78, 5) is 21.2. The largest absolute Gasteiger partial charge is 0.354 e. The lowest BCUT2D eigenvalue weighted by Gasteiger charge is -2.33. The van der Waals surface area contributed by atoms with Crippen molar-refractivity contribution < 1.29 is 4.79 Å². The Balaban J connectivity index is 1.44. The number of aromatic nitrogens is 1. The lowest BCUT2D eigenvalue weighted by Crippen LogP contribution is -2.44. The first kappa shape index (κ1) is 17.2. The fourth-order valence-corrected chi connectivity index (χ4v) is 3.36. The van der Waals surface area contributed by atoms with E-state index in [0.29, 0.717) is 18.9 Å². The predicted molar refractivity (Wildman–Crippen MR) is 96.0 cm³/mol. The summed E-state index contributed by atoms with van der Waals surface area (Å²) < 4.78 is 0. The van der Waals surface area contributed by atoms with E-state index in [2.05, 4.69) is 38.5 Å². The maximum atomic E-state index is 12.0. The van der Waals surface area contributed by atoms with Gasteiger partial charge >= 0.3 is 0 Å². The van der Waals surface area contributed by atoms with Gasteiger partial charge in [0.15, 0.2) is 0 Å². The highest BCUT2D eigenvalue weighted by atomic mass is 16.1. The Labute approximate surface area is 144 Å². The molecule has 1 unspecified atom stereocenters. The molecular formula is C18H29N5O. The molecule has 1 amide bonds. The smallest absolute Gasteiger partial charge is 0.220 e. The van der Waals surface area contributed by atoms with Crippen molar-refractivity contribution in [2.45, 2.75) is 25.8 Å². The van der Waals surface area contributed by atoms with Gasteiger partial charge in [0, 0.05) is 45.3 Å². The minimum absolute atomic E-state index is 0.153. The molecule has 6 nitrogen and oxygen atoms in total. The van der Waals surface area contributed by atoms with Crippen LogP contribution in [0.4, 0.5) is 5.82 Å². The maximum absolute atomic E-state index is 12.0. The van der Waals surface area contributed by atoms with E-state index in [4.69, 9.17) is 0 Å². The van der Waals surface area contributed by atoms with E-state index < -0.39 is 0 Å². The van der Waals surface area contributed by atoms with Crippen molar-refractivity contribution in [1.29, 1.82) is 0 Å². The minimum Gasteiger partial charge on any atom is -0.354 e. The molecule has 132 valence electrons. The Morgan fingerprint density at radius 2 is 2.21 bits per heavy atom. The number of likely N-dealkylation sites (N-methyl/N-ethyl adjacent to an activating group) is 1. The van der Waals surface area contributed by atoms with E-state index in [1.54, 1.807) is 0 Å². The van der Waals surface area contributed by atoms with Crippen molar-refractivity contribution in [1.82, 2.24) is 20.5 Å². The zero-order valence-corrected chi connectivity index (χ0v) is 14.6. The van der Waals surface area contributed by atoms with Crippen LogP contribution in [-0.2, 0) is 11.3 Å². The number of carbonyl (C=O) groups is 1. The molecule has 0 aliphatic carbocycles. The van der Waals surface area contributed by atoms with E-state index in [0.717, 1.165) is 57.1 Å². The van der Waals surface area contributed by atoms with E-state index in [9.17, 15) is 4.79 Å². The third-order valence-electron chi connectivity index (χ3n) is 5.07. The second-order valence-electron chi connectivity index (χ2n) is 6.99. The van der Waals surface area contributed by atoms with Gasteiger partial charge in [-0.25, -0.2) is 4.98 Å². The van der Waals surface area contributed by atoms with Gasteiger partial charge in [-0.2, -0.15) is 0 Å². The minimum atomic E-state index is 0.153. The second kappa shape index (κ2) is 8.44. The Bertz CT molecular complexity index is 536. The molecule has 3 rings (SSSR count). The molecule has 0 spiro atoms. The molecular weight excluding hydrogens is 302 g/mol. The summed E-state index contributed by atoms with van der Waals surface area (Å²) in [5.41, 5.74) is 1.12. The van der Waals surface area contributed by atoms with Crippen LogP contribution >= 0.6 is 0 Å². The average molecular weight is 331 g/mol. The number of rotatable bonds is 6. The molecule has 1 atom stereocenters. The quantitative estimate of drug-likeness (QED) is 0.809. The van der Waals surface area contributed by atoms with Gasteiger partial charge in [-0.05, 0) is 56.6 Å². The summed E-state index contributed by atoms with van der Waals surface area (Å²) in [5.74, 6) is 1.84. The third kappa shape index (κ3) is 4.92. The number of pyridine rings is 1. The van der Waals surface area contributed by atoms with Crippen LogP contribution in [0.25, 0.3) is 0 Å². The van der Waals surface area contributed by atoms with Gasteiger partial charge in [0.05, 0.1) is 0 Å². The van der Waals surface area contributed by atoms with Gasteiger partial charge in [-0.1, -0.05) is 0 Å². The molecule has 0 bridgehead atoms. The van der Waals surface area contributed by atoms with Crippen LogP contribution in [0, 0.1) is 5.92 Å². The zero-order valence-electron chi connectivity index (χ0n) is 14.6. The first-order valence-corrected chi connectivity index (χ1v) is 9.06. The van der Waals surface area contributed by atoms with Crippen molar-refractivity contribution in [3.8, 4) is 0 Å². The maximum Gasteiger partial charge on any atom is 0.220 e. The van der Waals surface area contributed by atoms with Crippen LogP contribution in [0.1, 0.15) is 24.8 Å². The molecule has 2 N–H and O–H groups in total. The van der Waals surface area contributed by atoms with Crippen molar-refractivity contribution in [3.63, 3.8) is 0 Å². The van der Waals surface area contributed by atoms with Gasteiger partial charge in [-0.15, -0.1) is 0 Å². The van der Waals surface area contributed by atoms with Gasteiger partial charge in [0.25, 0.3) is 0 Å². The number of nitrogens with one attached hydrogen (secondary N) is 2. The molecule has 0 saturated carbocycles. The summed E-state index contributed by atoms with van der Waals surface area (Å²) >= 11 is 0. The lowest BCUT2D eigenvalue weighted by atomic mass is 10.0. The van der Waals surface area contributed by atoms with Crippen molar-refractivity contribution >= 4 is 11.7 Å². The van der Waals surface area contributed by atoms with Crippen molar-refractivity contribution in [2.75, 3.05) is 51.2 Å². The van der Waals surface area contributed by atoms with Crippen LogP contribution in [0.2, 0.25) is 0 Å². The molecule has 0 aromatic carbocycles. The first-order valence-electron chi connectivity index (χ1n) is 9.06. The standard InChI is InChI=1S/C18H29N5O/c1-22-8-10-23(11-9-22)17-12-16(5-7-20-17)14-21-18(24)3-2-15-4-6-19-13-15/h5,7,12,15,19H,2-4,6,8-11,13-14H2,1H3,(H,21,24). The SMILES string of the molecule is CN1CCN(c2cc(CNC(=O)CCC3CCNC3)ccn2)CC1. The van der Waals surface area contributed by atoms with E-state index >= 15 is 0 Å². The van der Waals surface area contributed by atoms with Crippen LogP contribution < -0.4 is 15.5 Å². The van der Waals surface area contributed by atoms with Gasteiger partial charge in [0.1, 0.15) is 5.82 Å². The van der Waals surface area contributed by atoms with Crippen molar-refractivity contribution in [2.24, 2.45) is 5.92 Å². The Hall–Kier alpha value is -1.66. The fourth-order valence-electron chi connectivity index (χ4n) is 3.36. The Morgan fingerprint density at radius 3 is 2.96 bits per heavy atom. The van der Waals surface area contributed by atoms with E-state index in [-0.39, 0.29) is 5.91 Å². The van der Waals surface area contributed by atoms with Crippen LogP contribution in [0.15, 0.2) is 18.3 Å².